The third-order valence-corrected chi connectivity index (χ3v) is 7.93. The summed E-state index contributed by atoms with van der Waals surface area (Å²) in [5, 5.41) is 0.241. The normalized spacial score (nSPS) is 14.8. The molecule has 0 fully saturated rings. The van der Waals surface area contributed by atoms with E-state index >= 15 is 0 Å². The summed E-state index contributed by atoms with van der Waals surface area (Å²) in [5.41, 5.74) is 1.23. The van der Waals surface area contributed by atoms with E-state index in [1.54, 1.807) is 44.3 Å². The first kappa shape index (κ1) is 25.1. The average molecular weight is 525 g/mol. The van der Waals surface area contributed by atoms with Crippen LogP contribution in [0.4, 0.5) is 28.9 Å². The first-order valence-corrected chi connectivity index (χ1v) is 12.4. The van der Waals surface area contributed by atoms with Crippen molar-refractivity contribution in [2.24, 2.45) is 0 Å². The van der Waals surface area contributed by atoms with Gasteiger partial charge in [0.05, 0.1) is 33.4 Å². The fourth-order valence-corrected chi connectivity index (χ4v) is 5.86. The maximum atomic E-state index is 14.4. The van der Waals surface area contributed by atoms with Crippen LogP contribution in [0.15, 0.2) is 65.6 Å². The Labute approximate surface area is 206 Å². The zero-order chi connectivity index (χ0) is 25.5. The summed E-state index contributed by atoms with van der Waals surface area (Å²) in [4.78, 5) is 1.42. The van der Waals surface area contributed by atoms with Crippen LogP contribution in [0.1, 0.15) is 23.6 Å². The van der Waals surface area contributed by atoms with E-state index < -0.39 is 32.5 Å². The highest BCUT2D eigenvalue weighted by atomic mass is 35.5. The molecule has 0 saturated heterocycles. The second-order valence-electron chi connectivity index (χ2n) is 8.20. The number of hydrogen-bond donors (Lipinski definition) is 0. The smallest absolute Gasteiger partial charge is 0.371 e. The molecule has 0 radical (unpaired) electrons. The van der Waals surface area contributed by atoms with Gasteiger partial charge < -0.3 is 4.90 Å². The SMILES string of the molecule is C/C(=C\c1ccc2c(c1)N(S(=O)(=O)c1cccc(C(F)(F)F)c1)CCN2C)c1c(F)cccc1Cl. The number of alkyl halides is 3. The molecule has 3 aromatic rings. The van der Waals surface area contributed by atoms with Gasteiger partial charge in [0, 0.05) is 19.2 Å². The number of likely N-dealkylation sites (N-methyl/N-ethyl adjacent to an activating group) is 1. The minimum absolute atomic E-state index is 0.0490. The summed E-state index contributed by atoms with van der Waals surface area (Å²) in [5.74, 6) is -0.488. The van der Waals surface area contributed by atoms with Crippen LogP contribution in [-0.2, 0) is 16.2 Å². The Balaban J connectivity index is 1.79. The first-order valence-electron chi connectivity index (χ1n) is 10.6. The van der Waals surface area contributed by atoms with Crippen LogP contribution in [0, 0.1) is 5.82 Å². The molecule has 0 aliphatic carbocycles. The number of benzene rings is 3. The molecule has 0 amide bonds. The standard InChI is InChI=1S/C25H21ClF4N2O2S/c1-16(24-20(26)7-4-8-21(24)27)13-17-9-10-22-23(14-17)32(12-11-31(22)2)35(33,34)19-6-3-5-18(15-19)25(28,29)30/h3-10,13-15H,11-12H2,1-2H3/b16-13+. The second kappa shape index (κ2) is 9.20. The van der Waals surface area contributed by atoms with Crippen molar-refractivity contribution in [3.8, 4) is 0 Å². The van der Waals surface area contributed by atoms with Gasteiger partial charge in [0.1, 0.15) is 5.82 Å². The van der Waals surface area contributed by atoms with E-state index in [1.807, 2.05) is 4.90 Å². The van der Waals surface area contributed by atoms with Gasteiger partial charge in [0.15, 0.2) is 0 Å². The highest BCUT2D eigenvalue weighted by Crippen LogP contribution is 2.39. The highest BCUT2D eigenvalue weighted by Gasteiger charge is 2.35. The van der Waals surface area contributed by atoms with Crippen molar-refractivity contribution in [3.63, 3.8) is 0 Å². The van der Waals surface area contributed by atoms with Crippen LogP contribution >= 0.6 is 11.6 Å². The molecule has 1 aliphatic rings. The van der Waals surface area contributed by atoms with Gasteiger partial charge in [-0.3, -0.25) is 4.31 Å². The summed E-state index contributed by atoms with van der Waals surface area (Å²) < 4.78 is 81.9. The molecule has 0 unspecified atom stereocenters. The van der Waals surface area contributed by atoms with E-state index in [0.29, 0.717) is 35.1 Å². The van der Waals surface area contributed by atoms with Gasteiger partial charge in [-0.1, -0.05) is 35.9 Å². The van der Waals surface area contributed by atoms with Crippen molar-refractivity contribution in [3.05, 3.63) is 88.2 Å². The molecule has 0 N–H and O–H groups in total. The predicted octanol–water partition coefficient (Wildman–Crippen LogP) is 6.70. The van der Waals surface area contributed by atoms with Crippen molar-refractivity contribution in [2.75, 3.05) is 29.3 Å². The number of halogens is 5. The summed E-state index contributed by atoms with van der Waals surface area (Å²) in [6.45, 7) is 2.09. The summed E-state index contributed by atoms with van der Waals surface area (Å²) in [7, 11) is -2.49. The molecule has 4 rings (SSSR count). The quantitative estimate of drug-likeness (QED) is 0.281. The molecule has 4 nitrogen and oxygen atoms in total. The fourth-order valence-electron chi connectivity index (χ4n) is 4.04. The Bertz CT molecular complexity index is 1400. The van der Waals surface area contributed by atoms with Crippen LogP contribution in [0.25, 0.3) is 11.6 Å². The number of anilines is 2. The van der Waals surface area contributed by atoms with Crippen molar-refractivity contribution < 1.29 is 26.0 Å². The van der Waals surface area contributed by atoms with E-state index in [-0.39, 0.29) is 17.1 Å². The molecule has 0 saturated carbocycles. The molecule has 0 aromatic heterocycles. The Kier molecular flexibility index (Phi) is 6.59. The van der Waals surface area contributed by atoms with E-state index in [9.17, 15) is 26.0 Å². The molecule has 0 spiro atoms. The van der Waals surface area contributed by atoms with Crippen LogP contribution in [0.5, 0.6) is 0 Å². The van der Waals surface area contributed by atoms with E-state index in [4.69, 9.17) is 11.6 Å². The van der Waals surface area contributed by atoms with Gasteiger partial charge in [-0.15, -0.1) is 0 Å². The molecule has 0 bridgehead atoms. The number of hydrogen-bond acceptors (Lipinski definition) is 3. The van der Waals surface area contributed by atoms with Gasteiger partial charge >= 0.3 is 6.18 Å². The third-order valence-electron chi connectivity index (χ3n) is 5.81. The molecule has 1 heterocycles. The predicted molar refractivity (Wildman–Crippen MR) is 131 cm³/mol. The topological polar surface area (TPSA) is 40.6 Å². The van der Waals surface area contributed by atoms with Gasteiger partial charge in [-0.05, 0) is 60.5 Å². The largest absolute Gasteiger partial charge is 0.416 e. The van der Waals surface area contributed by atoms with Crippen molar-refractivity contribution in [1.82, 2.24) is 0 Å². The highest BCUT2D eigenvalue weighted by molar-refractivity contribution is 7.92. The molecule has 0 atom stereocenters. The summed E-state index contributed by atoms with van der Waals surface area (Å²) >= 11 is 6.17. The maximum absolute atomic E-state index is 14.4. The van der Waals surface area contributed by atoms with Gasteiger partial charge in [-0.2, -0.15) is 13.2 Å². The van der Waals surface area contributed by atoms with Crippen LogP contribution in [-0.4, -0.2) is 28.6 Å². The summed E-state index contributed by atoms with van der Waals surface area (Å²) in [6, 6.07) is 13.2. The van der Waals surface area contributed by atoms with Crippen molar-refractivity contribution in [2.45, 2.75) is 18.0 Å². The lowest BCUT2D eigenvalue weighted by Crippen LogP contribution is -2.42. The van der Waals surface area contributed by atoms with Gasteiger partial charge in [0.25, 0.3) is 10.0 Å². The fraction of sp³-hybridized carbons (Fsp3) is 0.200. The molecule has 10 heteroatoms. The van der Waals surface area contributed by atoms with Crippen molar-refractivity contribution >= 4 is 44.6 Å². The van der Waals surface area contributed by atoms with E-state index in [2.05, 4.69) is 0 Å². The minimum Gasteiger partial charge on any atom is -0.371 e. The zero-order valence-electron chi connectivity index (χ0n) is 18.8. The minimum atomic E-state index is -4.67. The zero-order valence-corrected chi connectivity index (χ0v) is 20.3. The Morgan fingerprint density at radius 2 is 1.71 bits per heavy atom. The Morgan fingerprint density at radius 1 is 1.00 bits per heavy atom. The van der Waals surface area contributed by atoms with Gasteiger partial charge in [0.2, 0.25) is 0 Å². The van der Waals surface area contributed by atoms with Crippen LogP contribution in [0.3, 0.4) is 0 Å². The number of allylic oxidation sites excluding steroid dienone is 1. The van der Waals surface area contributed by atoms with Crippen molar-refractivity contribution in [1.29, 1.82) is 0 Å². The Hall–Kier alpha value is -3.04. The Morgan fingerprint density at radius 3 is 2.40 bits per heavy atom. The molecule has 1 aliphatic heterocycles. The van der Waals surface area contributed by atoms with E-state index in [0.717, 1.165) is 22.5 Å². The van der Waals surface area contributed by atoms with Crippen LogP contribution in [0.2, 0.25) is 5.02 Å². The first-order chi connectivity index (χ1) is 16.4. The lowest BCUT2D eigenvalue weighted by molar-refractivity contribution is -0.137. The number of sulfonamides is 1. The van der Waals surface area contributed by atoms with Crippen LogP contribution < -0.4 is 9.21 Å². The lowest BCUT2D eigenvalue weighted by atomic mass is 10.0. The van der Waals surface area contributed by atoms with Gasteiger partial charge in [-0.25, -0.2) is 12.8 Å². The third kappa shape index (κ3) is 4.88. The molecule has 184 valence electrons. The number of rotatable bonds is 4. The molecular weight excluding hydrogens is 504 g/mol. The van der Waals surface area contributed by atoms with E-state index in [1.165, 1.54) is 12.1 Å². The second-order valence-corrected chi connectivity index (χ2v) is 10.5. The number of nitrogens with zero attached hydrogens (tertiary/aromatic N) is 2. The molecule has 3 aromatic carbocycles. The molecular formula is C25H21ClF4N2O2S. The summed E-state index contributed by atoms with van der Waals surface area (Å²) in [6.07, 6.45) is -3.00. The molecule has 35 heavy (non-hydrogen) atoms. The average Bonchev–Trinajstić information content (AvgIpc) is 2.78. The number of fused-ring (bicyclic) bond motifs is 1. The maximum Gasteiger partial charge on any atom is 0.416 e. The lowest BCUT2D eigenvalue weighted by Gasteiger charge is -2.36. The monoisotopic (exact) mass is 524 g/mol.